The smallest absolute Gasteiger partial charge is 0.257 e. The quantitative estimate of drug-likeness (QED) is 0.754. The maximum Gasteiger partial charge on any atom is 0.257 e. The maximum atomic E-state index is 13.6. The number of hydrogen-bond donors (Lipinski definition) is 3. The number of nitrogens with two attached hydrogens (primary N) is 1. The molecule has 2 aromatic rings. The highest BCUT2D eigenvalue weighted by atomic mass is 19.1. The second-order valence-electron chi connectivity index (χ2n) is 4.99. The molecule has 5 nitrogen and oxygen atoms in total. The molecular formula is C14H17FN4O. The van der Waals surface area contributed by atoms with E-state index in [4.69, 9.17) is 5.73 Å². The van der Waals surface area contributed by atoms with Crippen LogP contribution < -0.4 is 11.1 Å². The van der Waals surface area contributed by atoms with Gasteiger partial charge in [-0.1, -0.05) is 13.8 Å². The van der Waals surface area contributed by atoms with E-state index >= 15 is 0 Å². The Balaban J connectivity index is 2.19. The molecule has 0 fully saturated rings. The minimum Gasteiger partial charge on any atom is -0.398 e. The van der Waals surface area contributed by atoms with Gasteiger partial charge in [-0.2, -0.15) is 5.10 Å². The van der Waals surface area contributed by atoms with E-state index in [2.05, 4.69) is 15.5 Å². The summed E-state index contributed by atoms with van der Waals surface area (Å²) in [6.07, 6.45) is 0. The van der Waals surface area contributed by atoms with Crippen LogP contribution in [0.4, 0.5) is 15.9 Å². The number of carbonyl (C=O) groups is 1. The number of carbonyl (C=O) groups excluding carboxylic acids is 1. The lowest BCUT2D eigenvalue weighted by Gasteiger charge is -2.06. The zero-order valence-electron chi connectivity index (χ0n) is 11.6. The highest BCUT2D eigenvalue weighted by Gasteiger charge is 2.13. The number of anilines is 2. The first-order valence-electron chi connectivity index (χ1n) is 6.30. The number of nitrogen functional groups attached to an aromatic ring is 1. The number of aromatic nitrogens is 2. The SMILES string of the molecule is Cc1c(N)cc(C(=O)Nc2cc(C(C)C)[nH]n2)cc1F. The molecule has 6 heteroatoms. The van der Waals surface area contributed by atoms with E-state index < -0.39 is 11.7 Å². The fourth-order valence-electron chi connectivity index (χ4n) is 1.72. The Morgan fingerprint density at radius 1 is 1.40 bits per heavy atom. The minimum atomic E-state index is -0.500. The molecule has 0 spiro atoms. The van der Waals surface area contributed by atoms with Gasteiger partial charge in [0.1, 0.15) is 5.82 Å². The molecule has 106 valence electrons. The van der Waals surface area contributed by atoms with Gasteiger partial charge in [0.2, 0.25) is 0 Å². The number of nitrogens with zero attached hydrogens (tertiary/aromatic N) is 1. The normalized spacial score (nSPS) is 10.8. The fourth-order valence-corrected chi connectivity index (χ4v) is 1.72. The Morgan fingerprint density at radius 3 is 2.65 bits per heavy atom. The summed E-state index contributed by atoms with van der Waals surface area (Å²) in [6, 6.07) is 4.36. The van der Waals surface area contributed by atoms with Crippen molar-refractivity contribution >= 4 is 17.4 Å². The van der Waals surface area contributed by atoms with Crippen LogP contribution in [0, 0.1) is 12.7 Å². The van der Waals surface area contributed by atoms with Gasteiger partial charge >= 0.3 is 0 Å². The topological polar surface area (TPSA) is 83.8 Å². The number of benzene rings is 1. The molecule has 0 aliphatic rings. The summed E-state index contributed by atoms with van der Waals surface area (Å²) in [6.45, 7) is 5.58. The van der Waals surface area contributed by atoms with Gasteiger partial charge in [0.15, 0.2) is 5.82 Å². The molecule has 0 saturated carbocycles. The van der Waals surface area contributed by atoms with Gasteiger partial charge < -0.3 is 11.1 Å². The summed E-state index contributed by atoms with van der Waals surface area (Å²) in [4.78, 5) is 12.0. The first-order chi connectivity index (χ1) is 9.38. The van der Waals surface area contributed by atoms with Gasteiger partial charge in [-0.15, -0.1) is 0 Å². The van der Waals surface area contributed by atoms with E-state index in [1.807, 2.05) is 13.8 Å². The van der Waals surface area contributed by atoms with Gasteiger partial charge in [-0.05, 0) is 25.0 Å². The van der Waals surface area contributed by atoms with Crippen LogP contribution in [0.15, 0.2) is 18.2 Å². The minimum absolute atomic E-state index is 0.166. The molecular weight excluding hydrogens is 259 g/mol. The van der Waals surface area contributed by atoms with Gasteiger partial charge in [0.25, 0.3) is 5.91 Å². The van der Waals surface area contributed by atoms with Crippen molar-refractivity contribution in [2.45, 2.75) is 26.7 Å². The Morgan fingerprint density at radius 2 is 2.10 bits per heavy atom. The van der Waals surface area contributed by atoms with Crippen molar-refractivity contribution in [3.05, 3.63) is 40.8 Å². The van der Waals surface area contributed by atoms with Gasteiger partial charge in [-0.25, -0.2) is 4.39 Å². The lowest BCUT2D eigenvalue weighted by molar-refractivity contribution is 0.102. The zero-order chi connectivity index (χ0) is 14.9. The van der Waals surface area contributed by atoms with E-state index in [9.17, 15) is 9.18 Å². The first kappa shape index (κ1) is 14.0. The summed E-state index contributed by atoms with van der Waals surface area (Å²) in [5.41, 5.74) is 7.32. The predicted molar refractivity (Wildman–Crippen MR) is 76.2 cm³/mol. The Kier molecular flexibility index (Phi) is 3.74. The Hall–Kier alpha value is -2.37. The number of H-pyrrole nitrogens is 1. The second-order valence-corrected chi connectivity index (χ2v) is 4.99. The van der Waals surface area contributed by atoms with Crippen molar-refractivity contribution in [3.8, 4) is 0 Å². The third-order valence-electron chi connectivity index (χ3n) is 3.11. The number of amides is 1. The van der Waals surface area contributed by atoms with Crippen LogP contribution in [0.2, 0.25) is 0 Å². The molecule has 2 rings (SSSR count). The molecule has 0 aliphatic heterocycles. The molecule has 0 bridgehead atoms. The Labute approximate surface area is 116 Å². The van der Waals surface area contributed by atoms with Crippen LogP contribution in [0.5, 0.6) is 0 Å². The number of rotatable bonds is 3. The zero-order valence-corrected chi connectivity index (χ0v) is 11.6. The molecule has 1 heterocycles. The monoisotopic (exact) mass is 276 g/mol. The van der Waals surface area contributed by atoms with Crippen molar-refractivity contribution in [3.63, 3.8) is 0 Å². The van der Waals surface area contributed by atoms with Crippen molar-refractivity contribution in [1.29, 1.82) is 0 Å². The van der Waals surface area contributed by atoms with Crippen LogP contribution in [0.1, 0.15) is 41.4 Å². The Bertz CT molecular complexity index is 625. The highest BCUT2D eigenvalue weighted by Crippen LogP contribution is 2.19. The summed E-state index contributed by atoms with van der Waals surface area (Å²) in [5.74, 6) is -0.267. The number of halogens is 1. The van der Waals surface area contributed by atoms with Crippen LogP contribution >= 0.6 is 0 Å². The van der Waals surface area contributed by atoms with E-state index in [-0.39, 0.29) is 17.2 Å². The van der Waals surface area contributed by atoms with Crippen molar-refractivity contribution in [2.75, 3.05) is 11.1 Å². The lowest BCUT2D eigenvalue weighted by Crippen LogP contribution is -2.13. The van der Waals surface area contributed by atoms with Crippen LogP contribution in [0.3, 0.4) is 0 Å². The second kappa shape index (κ2) is 5.32. The molecule has 0 atom stereocenters. The number of aromatic amines is 1. The van der Waals surface area contributed by atoms with E-state index in [1.165, 1.54) is 6.07 Å². The molecule has 1 amide bonds. The molecule has 0 saturated heterocycles. The standard InChI is InChI=1S/C14H17FN4O/c1-7(2)12-6-13(19-18-12)17-14(20)9-4-10(15)8(3)11(16)5-9/h4-7H,16H2,1-3H3,(H2,17,18,19,20). The third-order valence-corrected chi connectivity index (χ3v) is 3.11. The van der Waals surface area contributed by atoms with Crippen LogP contribution in [-0.2, 0) is 0 Å². The average molecular weight is 276 g/mol. The van der Waals surface area contributed by atoms with Gasteiger partial charge in [-0.3, -0.25) is 9.89 Å². The average Bonchev–Trinajstić information content (AvgIpc) is 2.84. The molecule has 0 unspecified atom stereocenters. The first-order valence-corrected chi connectivity index (χ1v) is 6.30. The summed E-state index contributed by atoms with van der Waals surface area (Å²) in [7, 11) is 0. The summed E-state index contributed by atoms with van der Waals surface area (Å²) >= 11 is 0. The predicted octanol–water partition coefficient (Wildman–Crippen LogP) is 2.82. The highest BCUT2D eigenvalue weighted by molar-refractivity contribution is 6.04. The molecule has 0 aliphatic carbocycles. The van der Waals surface area contributed by atoms with Crippen LogP contribution in [0.25, 0.3) is 0 Å². The number of hydrogen-bond acceptors (Lipinski definition) is 3. The number of nitrogens with one attached hydrogen (secondary N) is 2. The van der Waals surface area contributed by atoms with Crippen molar-refractivity contribution in [1.82, 2.24) is 10.2 Å². The molecule has 1 aromatic carbocycles. The molecule has 4 N–H and O–H groups in total. The van der Waals surface area contributed by atoms with Crippen LogP contribution in [-0.4, -0.2) is 16.1 Å². The van der Waals surface area contributed by atoms with Gasteiger partial charge in [0, 0.05) is 28.6 Å². The van der Waals surface area contributed by atoms with E-state index in [0.717, 1.165) is 11.8 Å². The van der Waals surface area contributed by atoms with E-state index in [1.54, 1.807) is 13.0 Å². The van der Waals surface area contributed by atoms with Crippen molar-refractivity contribution < 1.29 is 9.18 Å². The lowest BCUT2D eigenvalue weighted by atomic mass is 10.1. The van der Waals surface area contributed by atoms with Gasteiger partial charge in [0.05, 0.1) is 0 Å². The summed E-state index contributed by atoms with van der Waals surface area (Å²) in [5, 5.41) is 9.42. The fraction of sp³-hybridized carbons (Fsp3) is 0.286. The molecule has 1 aromatic heterocycles. The molecule has 0 radical (unpaired) electrons. The molecule has 20 heavy (non-hydrogen) atoms. The maximum absolute atomic E-state index is 13.6. The summed E-state index contributed by atoms with van der Waals surface area (Å²) < 4.78 is 13.6. The van der Waals surface area contributed by atoms with Crippen molar-refractivity contribution in [2.24, 2.45) is 0 Å². The largest absolute Gasteiger partial charge is 0.398 e. The third kappa shape index (κ3) is 2.79. The van der Waals surface area contributed by atoms with E-state index in [0.29, 0.717) is 11.4 Å².